The van der Waals surface area contributed by atoms with Gasteiger partial charge in [-0.15, -0.1) is 10.2 Å². The summed E-state index contributed by atoms with van der Waals surface area (Å²) in [5.41, 5.74) is -1.15. The molecule has 0 unspecified atom stereocenters. The van der Waals surface area contributed by atoms with Crippen molar-refractivity contribution >= 4 is 11.6 Å². The summed E-state index contributed by atoms with van der Waals surface area (Å²) in [4.78, 5) is 11.8. The molecule has 3 aromatic heterocycles. The maximum atomic E-state index is 12.9. The van der Waals surface area contributed by atoms with Crippen molar-refractivity contribution < 1.29 is 18.0 Å². The summed E-state index contributed by atoms with van der Waals surface area (Å²) in [5.74, 6) is -0.0446. The molecule has 3 rings (SSSR count). The van der Waals surface area contributed by atoms with Crippen LogP contribution in [0.3, 0.4) is 0 Å². The van der Waals surface area contributed by atoms with Crippen LogP contribution in [-0.2, 0) is 24.1 Å². The van der Waals surface area contributed by atoms with Crippen LogP contribution in [0.25, 0.3) is 5.65 Å². The van der Waals surface area contributed by atoms with Gasteiger partial charge in [0.2, 0.25) is 5.91 Å². The van der Waals surface area contributed by atoms with Gasteiger partial charge < -0.3 is 9.88 Å². The molecule has 0 spiro atoms. The van der Waals surface area contributed by atoms with E-state index in [2.05, 4.69) is 15.5 Å². The summed E-state index contributed by atoms with van der Waals surface area (Å²) in [6.07, 6.45) is 0.395. The Morgan fingerprint density at radius 2 is 1.87 bits per heavy atom. The molecule has 0 atom stereocenters. The molecule has 0 aliphatic heterocycles. The highest BCUT2D eigenvalue weighted by Gasteiger charge is 2.34. The summed E-state index contributed by atoms with van der Waals surface area (Å²) in [7, 11) is 0. The number of fused-ring (bicyclic) bond motifs is 1. The van der Waals surface area contributed by atoms with E-state index in [1.54, 1.807) is 29.1 Å². The highest BCUT2D eigenvalue weighted by molar-refractivity contribution is 5.75. The second-order valence-electron chi connectivity index (χ2n) is 4.86. The molecular formula is C14H12F3N5O. The van der Waals surface area contributed by atoms with Gasteiger partial charge in [-0.05, 0) is 24.3 Å². The molecule has 6 nitrogen and oxygen atoms in total. The van der Waals surface area contributed by atoms with Gasteiger partial charge in [0, 0.05) is 18.6 Å². The number of carbonyl (C=O) groups is 1. The predicted octanol–water partition coefficient (Wildman–Crippen LogP) is 1.87. The number of amides is 1. The highest BCUT2D eigenvalue weighted by Crippen LogP contribution is 2.31. The number of carbonyl (C=O) groups excluding carboxylic acids is 1. The fraction of sp³-hybridized carbons (Fsp3) is 0.214. The third-order valence-electron chi connectivity index (χ3n) is 3.25. The van der Waals surface area contributed by atoms with Gasteiger partial charge in [0.15, 0.2) is 11.5 Å². The van der Waals surface area contributed by atoms with Gasteiger partial charge in [0.05, 0.1) is 6.54 Å². The van der Waals surface area contributed by atoms with Crippen LogP contribution >= 0.6 is 0 Å². The van der Waals surface area contributed by atoms with Crippen molar-refractivity contribution in [2.45, 2.75) is 19.3 Å². The Bertz CT molecular complexity index is 823. The SMILES string of the molecule is O=C(Cn1cccc1)NCc1nnc2c(C(F)(F)F)cccn12. The van der Waals surface area contributed by atoms with Gasteiger partial charge in [-0.3, -0.25) is 9.20 Å². The van der Waals surface area contributed by atoms with Gasteiger partial charge in [-0.1, -0.05) is 0 Å². The van der Waals surface area contributed by atoms with Crippen molar-refractivity contribution in [3.8, 4) is 0 Å². The standard InChI is InChI=1S/C14H12F3N5O/c15-14(16,17)10-4-3-7-22-11(19-20-13(10)22)8-18-12(23)9-21-5-1-2-6-21/h1-7H,8-9H2,(H,18,23). The maximum absolute atomic E-state index is 12.9. The van der Waals surface area contributed by atoms with Crippen molar-refractivity contribution in [2.24, 2.45) is 0 Å². The average molecular weight is 323 g/mol. The Kier molecular flexibility index (Phi) is 3.77. The summed E-state index contributed by atoms with van der Waals surface area (Å²) in [6.45, 7) is 0.111. The molecule has 0 saturated heterocycles. The highest BCUT2D eigenvalue weighted by atomic mass is 19.4. The molecule has 3 aromatic rings. The normalized spacial score (nSPS) is 11.8. The Morgan fingerprint density at radius 1 is 1.13 bits per heavy atom. The molecule has 1 amide bonds. The number of hydrogen-bond donors (Lipinski definition) is 1. The third-order valence-corrected chi connectivity index (χ3v) is 3.25. The van der Waals surface area contributed by atoms with E-state index in [0.717, 1.165) is 6.07 Å². The van der Waals surface area contributed by atoms with Crippen molar-refractivity contribution in [3.63, 3.8) is 0 Å². The zero-order valence-electron chi connectivity index (χ0n) is 11.8. The number of aromatic nitrogens is 4. The lowest BCUT2D eigenvalue weighted by Crippen LogP contribution is -2.27. The van der Waals surface area contributed by atoms with Crippen LogP contribution in [0.4, 0.5) is 13.2 Å². The first-order valence-corrected chi connectivity index (χ1v) is 6.72. The van der Waals surface area contributed by atoms with Gasteiger partial charge in [-0.25, -0.2) is 0 Å². The first kappa shape index (κ1) is 15.1. The number of hydrogen-bond acceptors (Lipinski definition) is 3. The van der Waals surface area contributed by atoms with Crippen LogP contribution in [0.1, 0.15) is 11.4 Å². The average Bonchev–Trinajstić information content (AvgIpc) is 3.13. The largest absolute Gasteiger partial charge is 0.420 e. The van der Waals surface area contributed by atoms with E-state index in [1.165, 1.54) is 16.7 Å². The monoisotopic (exact) mass is 323 g/mol. The molecule has 0 aromatic carbocycles. The van der Waals surface area contributed by atoms with Crippen molar-refractivity contribution in [1.29, 1.82) is 0 Å². The Balaban J connectivity index is 1.75. The lowest BCUT2D eigenvalue weighted by atomic mass is 10.2. The minimum absolute atomic E-state index is 0.0113. The van der Waals surface area contributed by atoms with Crippen LogP contribution in [0, 0.1) is 0 Å². The zero-order chi connectivity index (χ0) is 16.4. The van der Waals surface area contributed by atoms with E-state index >= 15 is 0 Å². The van der Waals surface area contributed by atoms with E-state index in [4.69, 9.17) is 0 Å². The van der Waals surface area contributed by atoms with E-state index < -0.39 is 11.7 Å². The van der Waals surface area contributed by atoms with Crippen LogP contribution in [0.5, 0.6) is 0 Å². The smallest absolute Gasteiger partial charge is 0.347 e. The quantitative estimate of drug-likeness (QED) is 0.797. The molecule has 23 heavy (non-hydrogen) atoms. The number of nitrogens with one attached hydrogen (secondary N) is 1. The van der Waals surface area contributed by atoms with Crippen LogP contribution in [0.15, 0.2) is 42.9 Å². The van der Waals surface area contributed by atoms with E-state index in [0.29, 0.717) is 0 Å². The second kappa shape index (κ2) is 5.75. The number of rotatable bonds is 4. The van der Waals surface area contributed by atoms with Gasteiger partial charge in [0.25, 0.3) is 0 Å². The first-order valence-electron chi connectivity index (χ1n) is 6.72. The Hall–Kier alpha value is -2.84. The fourth-order valence-electron chi connectivity index (χ4n) is 2.18. The van der Waals surface area contributed by atoms with Gasteiger partial charge >= 0.3 is 6.18 Å². The van der Waals surface area contributed by atoms with E-state index in [1.807, 2.05) is 0 Å². The molecule has 0 aliphatic rings. The van der Waals surface area contributed by atoms with E-state index in [9.17, 15) is 18.0 Å². The van der Waals surface area contributed by atoms with Crippen molar-refractivity contribution in [3.05, 3.63) is 54.2 Å². The summed E-state index contributed by atoms with van der Waals surface area (Å²) in [6, 6.07) is 5.79. The Morgan fingerprint density at radius 3 is 2.57 bits per heavy atom. The lowest BCUT2D eigenvalue weighted by molar-refractivity contribution is -0.136. The molecule has 1 N–H and O–H groups in total. The molecule has 120 valence electrons. The van der Waals surface area contributed by atoms with Crippen molar-refractivity contribution in [2.75, 3.05) is 0 Å². The zero-order valence-corrected chi connectivity index (χ0v) is 11.8. The molecular weight excluding hydrogens is 311 g/mol. The second-order valence-corrected chi connectivity index (χ2v) is 4.86. The summed E-state index contributed by atoms with van der Waals surface area (Å²) >= 11 is 0. The number of halogens is 3. The predicted molar refractivity (Wildman–Crippen MR) is 74.3 cm³/mol. The minimum Gasteiger partial charge on any atom is -0.347 e. The van der Waals surface area contributed by atoms with Crippen molar-refractivity contribution in [1.82, 2.24) is 24.5 Å². The van der Waals surface area contributed by atoms with Gasteiger partial charge in [-0.2, -0.15) is 13.2 Å². The number of nitrogens with zero attached hydrogens (tertiary/aromatic N) is 4. The summed E-state index contributed by atoms with van der Waals surface area (Å²) in [5, 5.41) is 9.91. The molecule has 0 aliphatic carbocycles. The van der Waals surface area contributed by atoms with Gasteiger partial charge in [0.1, 0.15) is 12.1 Å². The number of alkyl halides is 3. The first-order chi connectivity index (χ1) is 10.9. The van der Waals surface area contributed by atoms with E-state index in [-0.39, 0.29) is 30.5 Å². The molecule has 9 heteroatoms. The lowest BCUT2D eigenvalue weighted by Gasteiger charge is -2.08. The molecule has 0 bridgehead atoms. The minimum atomic E-state index is -4.51. The Labute approximate surface area is 128 Å². The summed E-state index contributed by atoms with van der Waals surface area (Å²) < 4.78 is 41.6. The fourth-order valence-corrected chi connectivity index (χ4v) is 2.18. The number of pyridine rings is 1. The molecule has 0 fully saturated rings. The van der Waals surface area contributed by atoms with Crippen LogP contribution in [0.2, 0.25) is 0 Å². The topological polar surface area (TPSA) is 64.2 Å². The maximum Gasteiger partial charge on any atom is 0.420 e. The van der Waals surface area contributed by atoms with Crippen LogP contribution < -0.4 is 5.32 Å². The molecule has 3 heterocycles. The third kappa shape index (κ3) is 3.17. The molecule has 0 radical (unpaired) electrons. The van der Waals surface area contributed by atoms with Crippen LogP contribution in [-0.4, -0.2) is 25.1 Å². The molecule has 0 saturated carbocycles.